The van der Waals surface area contributed by atoms with Gasteiger partial charge in [0.15, 0.2) is 0 Å². The molecule has 0 aliphatic rings. The van der Waals surface area contributed by atoms with Crippen LogP contribution in [-0.4, -0.2) is 11.8 Å². The molecule has 108 valence electrons. The van der Waals surface area contributed by atoms with Gasteiger partial charge in [-0.2, -0.15) is 0 Å². The minimum absolute atomic E-state index is 0.177. The standard InChI is InChI=1S/C16H15FN2O2/c1-11(20)18-14-8-7-13(17)10-15(14)19-16(21)9-12-5-3-2-4-6-12/h2-8,10H,9H2,1H3,(H,18,20)(H,19,21). The number of hydrogen-bond acceptors (Lipinski definition) is 2. The minimum atomic E-state index is -0.487. The highest BCUT2D eigenvalue weighted by Crippen LogP contribution is 2.23. The van der Waals surface area contributed by atoms with Crippen LogP contribution < -0.4 is 10.6 Å². The van der Waals surface area contributed by atoms with Gasteiger partial charge in [0.1, 0.15) is 5.82 Å². The van der Waals surface area contributed by atoms with Crippen LogP contribution >= 0.6 is 0 Å². The highest BCUT2D eigenvalue weighted by molar-refractivity contribution is 5.99. The fourth-order valence-corrected chi connectivity index (χ4v) is 1.89. The maximum atomic E-state index is 13.3. The molecule has 0 aliphatic heterocycles. The molecule has 0 aliphatic carbocycles. The smallest absolute Gasteiger partial charge is 0.228 e. The van der Waals surface area contributed by atoms with Gasteiger partial charge in [-0.25, -0.2) is 4.39 Å². The van der Waals surface area contributed by atoms with Crippen molar-refractivity contribution in [2.75, 3.05) is 10.6 Å². The van der Waals surface area contributed by atoms with Crippen molar-refractivity contribution in [2.45, 2.75) is 13.3 Å². The third-order valence-electron chi connectivity index (χ3n) is 2.77. The molecule has 2 aromatic carbocycles. The molecule has 21 heavy (non-hydrogen) atoms. The molecule has 4 nitrogen and oxygen atoms in total. The van der Waals surface area contributed by atoms with Gasteiger partial charge in [-0.1, -0.05) is 30.3 Å². The van der Waals surface area contributed by atoms with Crippen LogP contribution in [0.1, 0.15) is 12.5 Å². The van der Waals surface area contributed by atoms with Crippen LogP contribution in [0, 0.1) is 5.82 Å². The number of carbonyl (C=O) groups is 2. The van der Waals surface area contributed by atoms with Crippen molar-refractivity contribution >= 4 is 23.2 Å². The summed E-state index contributed by atoms with van der Waals surface area (Å²) >= 11 is 0. The Balaban J connectivity index is 2.12. The molecule has 0 heterocycles. The molecule has 2 rings (SSSR count). The summed E-state index contributed by atoms with van der Waals surface area (Å²) in [7, 11) is 0. The Labute approximate surface area is 122 Å². The summed E-state index contributed by atoms with van der Waals surface area (Å²) in [6, 6.07) is 13.0. The Morgan fingerprint density at radius 3 is 2.38 bits per heavy atom. The number of carbonyl (C=O) groups excluding carboxylic acids is 2. The van der Waals surface area contributed by atoms with Gasteiger partial charge in [-0.15, -0.1) is 0 Å². The molecular formula is C16H15FN2O2. The van der Waals surface area contributed by atoms with Gasteiger partial charge in [-0.3, -0.25) is 9.59 Å². The largest absolute Gasteiger partial charge is 0.325 e. The zero-order valence-corrected chi connectivity index (χ0v) is 11.5. The number of benzene rings is 2. The number of nitrogens with one attached hydrogen (secondary N) is 2. The molecule has 0 saturated heterocycles. The summed E-state index contributed by atoms with van der Waals surface area (Å²) < 4.78 is 13.3. The summed E-state index contributed by atoms with van der Waals surface area (Å²) in [5.74, 6) is -1.06. The van der Waals surface area contributed by atoms with Crippen LogP contribution in [-0.2, 0) is 16.0 Å². The van der Waals surface area contributed by atoms with Crippen molar-refractivity contribution < 1.29 is 14.0 Å². The SMILES string of the molecule is CC(=O)Nc1ccc(F)cc1NC(=O)Cc1ccccc1. The van der Waals surface area contributed by atoms with Crippen LogP contribution in [0.15, 0.2) is 48.5 Å². The molecule has 0 radical (unpaired) electrons. The van der Waals surface area contributed by atoms with E-state index in [1.54, 1.807) is 0 Å². The molecule has 0 aromatic heterocycles. The van der Waals surface area contributed by atoms with Crippen molar-refractivity contribution in [1.29, 1.82) is 0 Å². The van der Waals surface area contributed by atoms with Crippen LogP contribution in [0.4, 0.5) is 15.8 Å². The molecule has 5 heteroatoms. The molecular weight excluding hydrogens is 271 g/mol. The van der Waals surface area contributed by atoms with Gasteiger partial charge in [0.25, 0.3) is 0 Å². The fraction of sp³-hybridized carbons (Fsp3) is 0.125. The maximum Gasteiger partial charge on any atom is 0.228 e. The first-order chi connectivity index (χ1) is 10.0. The topological polar surface area (TPSA) is 58.2 Å². The lowest BCUT2D eigenvalue weighted by atomic mass is 10.1. The number of anilines is 2. The first kappa shape index (κ1) is 14.7. The Bertz CT molecular complexity index is 657. The highest BCUT2D eigenvalue weighted by Gasteiger charge is 2.10. The lowest BCUT2D eigenvalue weighted by molar-refractivity contribution is -0.116. The van der Waals surface area contributed by atoms with Crippen molar-refractivity contribution in [3.8, 4) is 0 Å². The number of rotatable bonds is 4. The van der Waals surface area contributed by atoms with Crippen LogP contribution in [0.5, 0.6) is 0 Å². The van der Waals surface area contributed by atoms with Crippen LogP contribution in [0.3, 0.4) is 0 Å². The molecule has 0 fully saturated rings. The summed E-state index contributed by atoms with van der Waals surface area (Å²) in [5.41, 5.74) is 1.46. The van der Waals surface area contributed by atoms with E-state index < -0.39 is 5.82 Å². The predicted molar refractivity (Wildman–Crippen MR) is 79.5 cm³/mol. The zero-order chi connectivity index (χ0) is 15.2. The average molecular weight is 286 g/mol. The lowest BCUT2D eigenvalue weighted by Crippen LogP contribution is -2.17. The Kier molecular flexibility index (Phi) is 4.66. The fourth-order valence-electron chi connectivity index (χ4n) is 1.89. The van der Waals surface area contributed by atoms with E-state index >= 15 is 0 Å². The van der Waals surface area contributed by atoms with Gasteiger partial charge in [0, 0.05) is 6.92 Å². The van der Waals surface area contributed by atoms with E-state index in [9.17, 15) is 14.0 Å². The Hall–Kier alpha value is -2.69. The Morgan fingerprint density at radius 2 is 1.71 bits per heavy atom. The van der Waals surface area contributed by atoms with Gasteiger partial charge < -0.3 is 10.6 Å². The van der Waals surface area contributed by atoms with Crippen molar-refractivity contribution in [1.82, 2.24) is 0 Å². The van der Waals surface area contributed by atoms with E-state index in [0.29, 0.717) is 5.69 Å². The van der Waals surface area contributed by atoms with Crippen molar-refractivity contribution in [2.24, 2.45) is 0 Å². The summed E-state index contributed by atoms with van der Waals surface area (Å²) in [6.07, 6.45) is 0.177. The van der Waals surface area contributed by atoms with E-state index in [1.165, 1.54) is 25.1 Å². The number of amides is 2. The van der Waals surface area contributed by atoms with E-state index in [2.05, 4.69) is 10.6 Å². The second-order valence-corrected chi connectivity index (χ2v) is 4.58. The molecule has 0 spiro atoms. The normalized spacial score (nSPS) is 10.0. The third-order valence-corrected chi connectivity index (χ3v) is 2.77. The van der Waals surface area contributed by atoms with E-state index in [1.807, 2.05) is 30.3 Å². The van der Waals surface area contributed by atoms with Gasteiger partial charge in [0.2, 0.25) is 11.8 Å². The second kappa shape index (κ2) is 6.65. The van der Waals surface area contributed by atoms with Crippen molar-refractivity contribution in [3.63, 3.8) is 0 Å². The van der Waals surface area contributed by atoms with E-state index in [0.717, 1.165) is 5.56 Å². The summed E-state index contributed by atoms with van der Waals surface area (Å²) in [4.78, 5) is 23.1. The highest BCUT2D eigenvalue weighted by atomic mass is 19.1. The monoisotopic (exact) mass is 286 g/mol. The molecule has 0 saturated carbocycles. The third kappa shape index (κ3) is 4.42. The summed E-state index contributed by atoms with van der Waals surface area (Å²) in [5, 5.41) is 5.16. The minimum Gasteiger partial charge on any atom is -0.325 e. The first-order valence-electron chi connectivity index (χ1n) is 6.45. The quantitative estimate of drug-likeness (QED) is 0.907. The second-order valence-electron chi connectivity index (χ2n) is 4.58. The molecule has 0 unspecified atom stereocenters. The average Bonchev–Trinajstić information content (AvgIpc) is 2.42. The molecule has 2 N–H and O–H groups in total. The van der Waals surface area contributed by atoms with Gasteiger partial charge in [0.05, 0.1) is 17.8 Å². The van der Waals surface area contributed by atoms with Crippen molar-refractivity contribution in [3.05, 3.63) is 59.9 Å². The molecule has 2 aromatic rings. The van der Waals surface area contributed by atoms with Crippen LogP contribution in [0.2, 0.25) is 0 Å². The molecule has 0 bridgehead atoms. The maximum absolute atomic E-state index is 13.3. The first-order valence-corrected chi connectivity index (χ1v) is 6.45. The molecule has 2 amide bonds. The zero-order valence-electron chi connectivity index (χ0n) is 11.5. The van der Waals surface area contributed by atoms with Crippen LogP contribution in [0.25, 0.3) is 0 Å². The Morgan fingerprint density at radius 1 is 1.00 bits per heavy atom. The van der Waals surface area contributed by atoms with Gasteiger partial charge >= 0.3 is 0 Å². The van der Waals surface area contributed by atoms with Gasteiger partial charge in [-0.05, 0) is 23.8 Å². The predicted octanol–water partition coefficient (Wildman–Crippen LogP) is 2.97. The lowest BCUT2D eigenvalue weighted by Gasteiger charge is -2.11. The van der Waals surface area contributed by atoms with E-state index in [4.69, 9.17) is 0 Å². The summed E-state index contributed by atoms with van der Waals surface area (Å²) in [6.45, 7) is 1.35. The molecule has 0 atom stereocenters. The van der Waals surface area contributed by atoms with E-state index in [-0.39, 0.29) is 23.9 Å². The number of hydrogen-bond donors (Lipinski definition) is 2. The number of halogens is 1.